The van der Waals surface area contributed by atoms with E-state index in [1.54, 1.807) is 29.9 Å². The number of nitrogen functional groups attached to an aromatic ring is 1. The summed E-state index contributed by atoms with van der Waals surface area (Å²) in [6.45, 7) is 3.81. The Balaban J connectivity index is 1.73. The zero-order valence-corrected chi connectivity index (χ0v) is 16.8. The summed E-state index contributed by atoms with van der Waals surface area (Å²) in [6.07, 6.45) is -2.69. The number of halogens is 3. The minimum Gasteiger partial charge on any atom is -0.398 e. The molecule has 2 heterocycles. The predicted octanol–water partition coefficient (Wildman–Crippen LogP) is 6.12. The van der Waals surface area contributed by atoms with Gasteiger partial charge in [-0.1, -0.05) is 36.9 Å². The van der Waals surface area contributed by atoms with Gasteiger partial charge < -0.3 is 5.73 Å². The number of nitrogens with two attached hydrogens (primary N) is 1. The molecule has 0 saturated carbocycles. The van der Waals surface area contributed by atoms with Crippen molar-refractivity contribution in [2.45, 2.75) is 6.18 Å². The summed E-state index contributed by atoms with van der Waals surface area (Å²) < 4.78 is 40.7. The summed E-state index contributed by atoms with van der Waals surface area (Å²) in [5.74, 6) is 1.06. The van der Waals surface area contributed by atoms with Crippen molar-refractivity contribution in [3.8, 4) is 33.2 Å². The molecule has 2 N–H and O–H groups in total. The molecular formula is C22H17F3N4S. The SMILES string of the molecule is C=Cc1cccc(N)c1-c1nc(-c2csc(-c3cccc(C(F)(F)F)c3)c2)n(C)n1. The van der Waals surface area contributed by atoms with Crippen molar-refractivity contribution in [3.63, 3.8) is 0 Å². The molecule has 30 heavy (non-hydrogen) atoms. The van der Waals surface area contributed by atoms with Gasteiger partial charge in [-0.05, 0) is 35.4 Å². The Bertz CT molecular complexity index is 1240. The van der Waals surface area contributed by atoms with E-state index in [1.807, 2.05) is 23.6 Å². The molecule has 2 aromatic heterocycles. The lowest BCUT2D eigenvalue weighted by Gasteiger charge is -2.07. The van der Waals surface area contributed by atoms with Crippen LogP contribution in [0.5, 0.6) is 0 Å². The highest BCUT2D eigenvalue weighted by atomic mass is 32.1. The van der Waals surface area contributed by atoms with E-state index in [0.717, 1.165) is 23.3 Å². The normalized spacial score (nSPS) is 11.6. The molecule has 0 bridgehead atoms. The molecule has 0 atom stereocenters. The van der Waals surface area contributed by atoms with E-state index >= 15 is 0 Å². The third-order valence-electron chi connectivity index (χ3n) is 4.67. The molecule has 0 fully saturated rings. The fourth-order valence-corrected chi connectivity index (χ4v) is 4.10. The van der Waals surface area contributed by atoms with Crippen molar-refractivity contribution in [3.05, 3.63) is 71.6 Å². The third-order valence-corrected chi connectivity index (χ3v) is 5.65. The lowest BCUT2D eigenvalue weighted by Crippen LogP contribution is -2.04. The van der Waals surface area contributed by atoms with Gasteiger partial charge in [0.2, 0.25) is 0 Å². The largest absolute Gasteiger partial charge is 0.416 e. The van der Waals surface area contributed by atoms with E-state index in [9.17, 15) is 13.2 Å². The molecule has 0 aliphatic heterocycles. The topological polar surface area (TPSA) is 56.7 Å². The van der Waals surface area contributed by atoms with E-state index in [2.05, 4.69) is 16.7 Å². The zero-order valence-electron chi connectivity index (χ0n) is 15.9. The quantitative estimate of drug-likeness (QED) is 0.400. The number of aryl methyl sites for hydroxylation is 1. The van der Waals surface area contributed by atoms with Crippen LogP contribution in [0.3, 0.4) is 0 Å². The highest BCUT2D eigenvalue weighted by Gasteiger charge is 2.30. The Morgan fingerprint density at radius 1 is 1.10 bits per heavy atom. The van der Waals surface area contributed by atoms with Crippen molar-refractivity contribution in [1.29, 1.82) is 0 Å². The molecule has 8 heteroatoms. The lowest BCUT2D eigenvalue weighted by molar-refractivity contribution is -0.137. The van der Waals surface area contributed by atoms with Gasteiger partial charge >= 0.3 is 6.18 Å². The molecule has 4 aromatic rings. The third kappa shape index (κ3) is 3.61. The molecule has 4 nitrogen and oxygen atoms in total. The van der Waals surface area contributed by atoms with Crippen molar-refractivity contribution in [2.24, 2.45) is 7.05 Å². The molecule has 0 saturated heterocycles. The lowest BCUT2D eigenvalue weighted by atomic mass is 10.1. The van der Waals surface area contributed by atoms with Gasteiger partial charge in [-0.2, -0.15) is 18.3 Å². The smallest absolute Gasteiger partial charge is 0.398 e. The summed E-state index contributed by atoms with van der Waals surface area (Å²) in [5, 5.41) is 6.34. The zero-order chi connectivity index (χ0) is 21.5. The second-order valence-electron chi connectivity index (χ2n) is 6.68. The number of hydrogen-bond acceptors (Lipinski definition) is 4. The van der Waals surface area contributed by atoms with Gasteiger partial charge in [-0.15, -0.1) is 11.3 Å². The predicted molar refractivity (Wildman–Crippen MR) is 115 cm³/mol. The van der Waals surface area contributed by atoms with E-state index in [-0.39, 0.29) is 0 Å². The average molecular weight is 426 g/mol. The second-order valence-corrected chi connectivity index (χ2v) is 7.59. The van der Waals surface area contributed by atoms with E-state index in [4.69, 9.17) is 5.73 Å². The number of thiophene rings is 1. The highest BCUT2D eigenvalue weighted by Crippen LogP contribution is 2.37. The van der Waals surface area contributed by atoms with Crippen LogP contribution in [0.1, 0.15) is 11.1 Å². The number of benzene rings is 2. The van der Waals surface area contributed by atoms with Gasteiger partial charge in [-0.3, -0.25) is 0 Å². The monoisotopic (exact) mass is 426 g/mol. The van der Waals surface area contributed by atoms with Crippen LogP contribution in [0.4, 0.5) is 18.9 Å². The van der Waals surface area contributed by atoms with Crippen LogP contribution >= 0.6 is 11.3 Å². The van der Waals surface area contributed by atoms with Crippen molar-refractivity contribution in [2.75, 3.05) is 5.73 Å². The molecule has 0 aliphatic rings. The molecular weight excluding hydrogens is 409 g/mol. The number of hydrogen-bond donors (Lipinski definition) is 1. The number of nitrogens with zero attached hydrogens (tertiary/aromatic N) is 3. The number of alkyl halides is 3. The molecule has 152 valence electrons. The van der Waals surface area contributed by atoms with Crippen LogP contribution in [0.15, 0.2) is 60.5 Å². The molecule has 0 spiro atoms. The molecule has 4 rings (SSSR count). The van der Waals surface area contributed by atoms with E-state index in [1.165, 1.54) is 17.4 Å². The summed E-state index contributed by atoms with van der Waals surface area (Å²) in [4.78, 5) is 5.35. The van der Waals surface area contributed by atoms with Gasteiger partial charge in [-0.25, -0.2) is 9.67 Å². The highest BCUT2D eigenvalue weighted by molar-refractivity contribution is 7.14. The fourth-order valence-electron chi connectivity index (χ4n) is 3.21. The van der Waals surface area contributed by atoms with Gasteiger partial charge in [0.1, 0.15) is 0 Å². The fraction of sp³-hybridized carbons (Fsp3) is 0.0909. The minimum absolute atomic E-state index is 0.465. The summed E-state index contributed by atoms with van der Waals surface area (Å²) in [5.41, 5.74) is 8.79. The maximum Gasteiger partial charge on any atom is 0.416 e. The first-order valence-electron chi connectivity index (χ1n) is 8.97. The van der Waals surface area contributed by atoms with Gasteiger partial charge in [0.05, 0.1) is 11.1 Å². The summed E-state index contributed by atoms with van der Waals surface area (Å²) in [7, 11) is 1.76. The summed E-state index contributed by atoms with van der Waals surface area (Å²) in [6, 6.07) is 12.6. The summed E-state index contributed by atoms with van der Waals surface area (Å²) >= 11 is 1.35. The molecule has 0 amide bonds. The maximum absolute atomic E-state index is 13.0. The maximum atomic E-state index is 13.0. The van der Waals surface area contributed by atoms with Crippen molar-refractivity contribution in [1.82, 2.24) is 14.8 Å². The number of aromatic nitrogens is 3. The molecule has 2 aromatic carbocycles. The van der Waals surface area contributed by atoms with Crippen LogP contribution in [0.2, 0.25) is 0 Å². The van der Waals surface area contributed by atoms with Gasteiger partial charge in [0.25, 0.3) is 0 Å². The Morgan fingerprint density at radius 2 is 1.87 bits per heavy atom. The Labute approximate surface area is 175 Å². The standard InChI is InChI=1S/C22H17F3N4S/c1-3-13-6-5-9-17(26)19(13)20-27-21(29(2)28-20)15-11-18(30-12-15)14-7-4-8-16(10-14)22(23,24)25/h3-12H,1,26H2,2H3. The Kier molecular flexibility index (Phi) is 4.95. The van der Waals surface area contributed by atoms with Crippen LogP contribution in [-0.2, 0) is 13.2 Å². The van der Waals surface area contributed by atoms with Gasteiger partial charge in [0.15, 0.2) is 11.6 Å². The number of anilines is 1. The Morgan fingerprint density at radius 3 is 2.60 bits per heavy atom. The van der Waals surface area contributed by atoms with Crippen LogP contribution in [0, 0.1) is 0 Å². The van der Waals surface area contributed by atoms with Crippen LogP contribution in [-0.4, -0.2) is 14.8 Å². The Hall–Kier alpha value is -3.39. The van der Waals surface area contributed by atoms with E-state index in [0.29, 0.717) is 33.3 Å². The molecule has 0 unspecified atom stereocenters. The number of rotatable bonds is 4. The average Bonchev–Trinajstić information content (AvgIpc) is 3.34. The van der Waals surface area contributed by atoms with Crippen LogP contribution in [0.25, 0.3) is 39.3 Å². The molecule has 0 radical (unpaired) electrons. The van der Waals surface area contributed by atoms with Gasteiger partial charge in [0, 0.05) is 28.6 Å². The second kappa shape index (κ2) is 7.46. The first-order valence-corrected chi connectivity index (χ1v) is 9.85. The van der Waals surface area contributed by atoms with Crippen molar-refractivity contribution < 1.29 is 13.2 Å². The van der Waals surface area contributed by atoms with E-state index < -0.39 is 11.7 Å². The van der Waals surface area contributed by atoms with Crippen molar-refractivity contribution >= 4 is 23.1 Å². The first kappa shape index (κ1) is 19.9. The molecule has 0 aliphatic carbocycles. The first-order chi connectivity index (χ1) is 14.3. The van der Waals surface area contributed by atoms with Crippen LogP contribution < -0.4 is 5.73 Å². The minimum atomic E-state index is -4.38.